The molecule has 2 N–H and O–H groups in total. The fourth-order valence-corrected chi connectivity index (χ4v) is 3.48. The largest absolute Gasteiger partial charge is 0.496 e. The van der Waals surface area contributed by atoms with Gasteiger partial charge in [-0.1, -0.05) is 30.3 Å². The van der Waals surface area contributed by atoms with Crippen molar-refractivity contribution in [3.63, 3.8) is 0 Å². The van der Waals surface area contributed by atoms with E-state index in [9.17, 15) is 9.59 Å². The first-order valence-corrected chi connectivity index (χ1v) is 11.2. The second-order valence-corrected chi connectivity index (χ2v) is 7.66. The first-order valence-electron chi connectivity index (χ1n) is 11.2. The lowest BCUT2D eigenvalue weighted by atomic mass is 10.1. The van der Waals surface area contributed by atoms with Crippen LogP contribution >= 0.6 is 0 Å². The number of nitrogens with one attached hydrogen (secondary N) is 2. The summed E-state index contributed by atoms with van der Waals surface area (Å²) in [5.74, 6) is 0.873. The predicted molar refractivity (Wildman–Crippen MR) is 132 cm³/mol. The van der Waals surface area contributed by atoms with Gasteiger partial charge in [0.15, 0.2) is 0 Å². The number of aryl methyl sites for hydroxylation is 1. The number of hydrogen-bond donors (Lipinski definition) is 2. The zero-order chi connectivity index (χ0) is 24.5. The Balaban J connectivity index is 1.51. The van der Waals surface area contributed by atoms with E-state index in [-0.39, 0.29) is 11.6 Å². The Morgan fingerprint density at radius 3 is 2.60 bits per heavy atom. The van der Waals surface area contributed by atoms with E-state index >= 15 is 0 Å². The molecule has 0 aliphatic carbocycles. The molecule has 0 spiro atoms. The molecule has 0 atom stereocenters. The third-order valence-corrected chi connectivity index (χ3v) is 5.22. The summed E-state index contributed by atoms with van der Waals surface area (Å²) in [6, 6.07) is 21.6. The number of rotatable bonds is 10. The standard InChI is InChI=1S/C27H26N4O4/c1-34-24-12-6-5-11-22(24)25-14-13-21(35-25)19-23(30-26(32)20-9-3-2-4-10-20)27(33)28-15-7-17-31-18-8-16-29-31/h2-6,8-14,16,18-19H,7,15,17H2,1H3,(H,28,33)(H,30,32). The van der Waals surface area contributed by atoms with Crippen molar-refractivity contribution in [3.05, 3.63) is 102 Å². The number of carbonyl (C=O) groups excluding carboxylic acids is 2. The normalized spacial score (nSPS) is 11.2. The van der Waals surface area contributed by atoms with E-state index < -0.39 is 5.91 Å². The number of hydrogen-bond acceptors (Lipinski definition) is 5. The molecule has 0 radical (unpaired) electrons. The topological polar surface area (TPSA) is 98.4 Å². The lowest BCUT2D eigenvalue weighted by Crippen LogP contribution is -2.35. The maximum atomic E-state index is 13.0. The number of furan rings is 1. The van der Waals surface area contributed by atoms with Crippen molar-refractivity contribution >= 4 is 17.9 Å². The Morgan fingerprint density at radius 1 is 1.03 bits per heavy atom. The van der Waals surface area contributed by atoms with Gasteiger partial charge < -0.3 is 19.8 Å². The molecular formula is C27H26N4O4. The zero-order valence-electron chi connectivity index (χ0n) is 19.3. The molecule has 2 aromatic heterocycles. The van der Waals surface area contributed by atoms with Gasteiger partial charge in [-0.05, 0) is 48.9 Å². The van der Waals surface area contributed by atoms with Gasteiger partial charge in [0.05, 0.1) is 12.7 Å². The second-order valence-electron chi connectivity index (χ2n) is 7.66. The van der Waals surface area contributed by atoms with Crippen molar-refractivity contribution < 1.29 is 18.7 Å². The minimum absolute atomic E-state index is 0.0823. The van der Waals surface area contributed by atoms with E-state index in [0.29, 0.717) is 42.3 Å². The first kappa shape index (κ1) is 23.6. The monoisotopic (exact) mass is 470 g/mol. The number of amides is 2. The summed E-state index contributed by atoms with van der Waals surface area (Å²) in [6.07, 6.45) is 5.78. The van der Waals surface area contributed by atoms with Gasteiger partial charge in [0, 0.05) is 37.1 Å². The van der Waals surface area contributed by atoms with E-state index in [0.717, 1.165) is 5.56 Å². The van der Waals surface area contributed by atoms with E-state index in [1.54, 1.807) is 54.4 Å². The average Bonchev–Trinajstić information content (AvgIpc) is 3.59. The summed E-state index contributed by atoms with van der Waals surface area (Å²) < 4.78 is 13.2. The molecule has 0 fully saturated rings. The molecule has 4 rings (SSSR count). The van der Waals surface area contributed by atoms with Gasteiger partial charge >= 0.3 is 0 Å². The molecule has 8 nitrogen and oxygen atoms in total. The van der Waals surface area contributed by atoms with Gasteiger partial charge in [-0.25, -0.2) is 0 Å². The van der Waals surface area contributed by atoms with Gasteiger partial charge in [0.25, 0.3) is 11.8 Å². The van der Waals surface area contributed by atoms with Crippen molar-refractivity contribution in [2.24, 2.45) is 0 Å². The van der Waals surface area contributed by atoms with Crippen molar-refractivity contribution in [3.8, 4) is 17.1 Å². The molecule has 178 valence electrons. The van der Waals surface area contributed by atoms with Crippen LogP contribution in [0.1, 0.15) is 22.5 Å². The minimum Gasteiger partial charge on any atom is -0.496 e. The highest BCUT2D eigenvalue weighted by molar-refractivity contribution is 6.05. The fourth-order valence-electron chi connectivity index (χ4n) is 3.48. The number of benzene rings is 2. The summed E-state index contributed by atoms with van der Waals surface area (Å²) in [6.45, 7) is 1.09. The van der Waals surface area contributed by atoms with Gasteiger partial charge in [-0.2, -0.15) is 5.10 Å². The Labute approximate surface area is 203 Å². The van der Waals surface area contributed by atoms with Gasteiger partial charge in [-0.3, -0.25) is 14.3 Å². The summed E-state index contributed by atoms with van der Waals surface area (Å²) in [7, 11) is 1.59. The number of carbonyl (C=O) groups is 2. The number of para-hydroxylation sites is 1. The Kier molecular flexibility index (Phi) is 7.75. The van der Waals surface area contributed by atoms with Crippen molar-refractivity contribution in [2.45, 2.75) is 13.0 Å². The Morgan fingerprint density at radius 2 is 1.83 bits per heavy atom. The fraction of sp³-hybridized carbons (Fsp3) is 0.148. The summed E-state index contributed by atoms with van der Waals surface area (Å²) in [5.41, 5.74) is 1.31. The highest BCUT2D eigenvalue weighted by Crippen LogP contribution is 2.31. The van der Waals surface area contributed by atoms with Crippen LogP contribution in [-0.4, -0.2) is 35.2 Å². The van der Waals surface area contributed by atoms with Crippen LogP contribution in [0.4, 0.5) is 0 Å². The third kappa shape index (κ3) is 6.26. The highest BCUT2D eigenvalue weighted by Gasteiger charge is 2.16. The second kappa shape index (κ2) is 11.5. The number of ether oxygens (including phenoxy) is 1. The molecule has 0 saturated heterocycles. The molecule has 8 heteroatoms. The number of methoxy groups -OCH3 is 1. The Bertz CT molecular complexity index is 1290. The zero-order valence-corrected chi connectivity index (χ0v) is 19.3. The molecule has 0 aliphatic rings. The SMILES string of the molecule is COc1ccccc1-c1ccc(C=C(NC(=O)c2ccccc2)C(=O)NCCCn2cccn2)o1. The molecular weight excluding hydrogens is 444 g/mol. The molecule has 0 aliphatic heterocycles. The summed E-state index contributed by atoms with van der Waals surface area (Å²) in [4.78, 5) is 25.7. The number of aromatic nitrogens is 2. The van der Waals surface area contributed by atoms with Gasteiger partial charge in [-0.15, -0.1) is 0 Å². The Hall–Kier alpha value is -4.59. The van der Waals surface area contributed by atoms with Gasteiger partial charge in [0.2, 0.25) is 0 Å². The first-order chi connectivity index (χ1) is 17.1. The molecule has 2 amide bonds. The third-order valence-electron chi connectivity index (χ3n) is 5.22. The molecule has 0 saturated carbocycles. The van der Waals surface area contributed by atoms with Gasteiger partial charge in [0.1, 0.15) is 23.0 Å². The van der Waals surface area contributed by atoms with Crippen LogP contribution < -0.4 is 15.4 Å². The van der Waals surface area contributed by atoms with Crippen LogP contribution in [0.3, 0.4) is 0 Å². The van der Waals surface area contributed by atoms with E-state index in [1.807, 2.05) is 42.6 Å². The van der Waals surface area contributed by atoms with Crippen LogP contribution in [0.5, 0.6) is 5.75 Å². The lowest BCUT2D eigenvalue weighted by Gasteiger charge is -2.11. The van der Waals surface area contributed by atoms with Crippen molar-refractivity contribution in [2.75, 3.05) is 13.7 Å². The van der Waals surface area contributed by atoms with Crippen LogP contribution in [0, 0.1) is 0 Å². The maximum Gasteiger partial charge on any atom is 0.267 e. The van der Waals surface area contributed by atoms with Crippen LogP contribution in [-0.2, 0) is 11.3 Å². The van der Waals surface area contributed by atoms with E-state index in [2.05, 4.69) is 15.7 Å². The predicted octanol–water partition coefficient (Wildman–Crippen LogP) is 4.13. The van der Waals surface area contributed by atoms with Crippen molar-refractivity contribution in [1.82, 2.24) is 20.4 Å². The maximum absolute atomic E-state index is 13.0. The molecule has 4 aromatic rings. The molecule has 0 unspecified atom stereocenters. The van der Waals surface area contributed by atoms with Crippen LogP contribution in [0.25, 0.3) is 17.4 Å². The summed E-state index contributed by atoms with van der Waals surface area (Å²) in [5, 5.41) is 9.72. The lowest BCUT2D eigenvalue weighted by molar-refractivity contribution is -0.117. The molecule has 35 heavy (non-hydrogen) atoms. The molecule has 2 aromatic carbocycles. The van der Waals surface area contributed by atoms with Crippen LogP contribution in [0.15, 0.2) is 95.3 Å². The minimum atomic E-state index is -0.412. The van der Waals surface area contributed by atoms with E-state index in [4.69, 9.17) is 9.15 Å². The smallest absolute Gasteiger partial charge is 0.267 e. The quantitative estimate of drug-likeness (QED) is 0.268. The van der Waals surface area contributed by atoms with Crippen molar-refractivity contribution in [1.29, 1.82) is 0 Å². The highest BCUT2D eigenvalue weighted by atomic mass is 16.5. The summed E-state index contributed by atoms with van der Waals surface area (Å²) >= 11 is 0. The average molecular weight is 471 g/mol. The molecule has 2 heterocycles. The number of nitrogens with zero attached hydrogens (tertiary/aromatic N) is 2. The molecule has 0 bridgehead atoms. The van der Waals surface area contributed by atoms with Crippen LogP contribution in [0.2, 0.25) is 0 Å². The van der Waals surface area contributed by atoms with E-state index in [1.165, 1.54) is 6.08 Å².